The number of halogens is 5. The van der Waals surface area contributed by atoms with Gasteiger partial charge in [0, 0.05) is 23.7 Å². The molecule has 1 heterocycles. The van der Waals surface area contributed by atoms with Crippen LogP contribution < -0.4 is 5.32 Å². The van der Waals surface area contributed by atoms with Crippen LogP contribution >= 0.6 is 0 Å². The van der Waals surface area contributed by atoms with Crippen molar-refractivity contribution in [1.82, 2.24) is 4.98 Å². The first-order valence-electron chi connectivity index (χ1n) is 5.43. The minimum Gasteiger partial charge on any atom is -0.385 e. The zero-order chi connectivity index (χ0) is 14.2. The third-order valence-corrected chi connectivity index (χ3v) is 2.51. The van der Waals surface area contributed by atoms with Crippen LogP contribution in [-0.2, 0) is 6.18 Å². The number of alkyl halides is 3. The van der Waals surface area contributed by atoms with Crippen LogP contribution in [0.4, 0.5) is 27.6 Å². The summed E-state index contributed by atoms with van der Waals surface area (Å²) in [6.45, 7) is 2.02. The Bertz CT molecular complexity index is 622. The van der Waals surface area contributed by atoms with E-state index in [-0.39, 0.29) is 16.6 Å². The molecule has 0 fully saturated rings. The Morgan fingerprint density at radius 2 is 1.74 bits per heavy atom. The van der Waals surface area contributed by atoms with Gasteiger partial charge in [-0.05, 0) is 19.1 Å². The lowest BCUT2D eigenvalue weighted by atomic mass is 10.1. The SMILES string of the molecule is CCNc1cc(C(F)(F)F)nc2cc(F)c(F)cc12. The summed E-state index contributed by atoms with van der Waals surface area (Å²) in [6, 6.07) is 2.26. The van der Waals surface area contributed by atoms with Gasteiger partial charge >= 0.3 is 6.18 Å². The van der Waals surface area contributed by atoms with Gasteiger partial charge in [-0.3, -0.25) is 0 Å². The van der Waals surface area contributed by atoms with E-state index in [0.29, 0.717) is 12.6 Å². The average Bonchev–Trinajstić information content (AvgIpc) is 2.30. The summed E-state index contributed by atoms with van der Waals surface area (Å²) in [5.41, 5.74) is -1.33. The van der Waals surface area contributed by atoms with Gasteiger partial charge in [0.2, 0.25) is 0 Å². The molecule has 0 spiro atoms. The molecule has 7 heteroatoms. The second-order valence-electron chi connectivity index (χ2n) is 3.87. The lowest BCUT2D eigenvalue weighted by molar-refractivity contribution is -0.140. The van der Waals surface area contributed by atoms with E-state index in [2.05, 4.69) is 10.3 Å². The van der Waals surface area contributed by atoms with E-state index >= 15 is 0 Å². The Hall–Kier alpha value is -1.92. The van der Waals surface area contributed by atoms with Crippen molar-refractivity contribution in [1.29, 1.82) is 0 Å². The van der Waals surface area contributed by atoms with E-state index in [4.69, 9.17) is 0 Å². The molecular formula is C12H9F5N2. The van der Waals surface area contributed by atoms with E-state index in [1.807, 2.05) is 0 Å². The molecule has 0 saturated heterocycles. The second kappa shape index (κ2) is 4.64. The summed E-state index contributed by atoms with van der Waals surface area (Å²) in [6.07, 6.45) is -4.65. The number of hydrogen-bond acceptors (Lipinski definition) is 2. The molecule has 0 radical (unpaired) electrons. The molecule has 1 aromatic heterocycles. The maximum absolute atomic E-state index is 13.2. The lowest BCUT2D eigenvalue weighted by Gasteiger charge is -2.12. The van der Waals surface area contributed by atoms with E-state index in [1.54, 1.807) is 6.92 Å². The maximum Gasteiger partial charge on any atom is 0.433 e. The predicted molar refractivity (Wildman–Crippen MR) is 60.8 cm³/mol. The van der Waals surface area contributed by atoms with Gasteiger partial charge < -0.3 is 5.32 Å². The zero-order valence-corrected chi connectivity index (χ0v) is 9.78. The van der Waals surface area contributed by atoms with Gasteiger partial charge in [-0.2, -0.15) is 13.2 Å². The average molecular weight is 276 g/mol. The van der Waals surface area contributed by atoms with Crippen LogP contribution in [0.5, 0.6) is 0 Å². The molecule has 2 aromatic rings. The largest absolute Gasteiger partial charge is 0.433 e. The third-order valence-electron chi connectivity index (χ3n) is 2.51. The summed E-state index contributed by atoms with van der Waals surface area (Å²) in [5.74, 6) is -2.37. The topological polar surface area (TPSA) is 24.9 Å². The van der Waals surface area contributed by atoms with Crippen LogP contribution in [-0.4, -0.2) is 11.5 Å². The molecule has 0 aliphatic carbocycles. The first-order chi connectivity index (χ1) is 8.82. The smallest absolute Gasteiger partial charge is 0.385 e. The predicted octanol–water partition coefficient (Wildman–Crippen LogP) is 3.96. The van der Waals surface area contributed by atoms with Crippen molar-refractivity contribution < 1.29 is 22.0 Å². The van der Waals surface area contributed by atoms with Gasteiger partial charge in [-0.1, -0.05) is 0 Å². The highest BCUT2D eigenvalue weighted by molar-refractivity contribution is 5.91. The van der Waals surface area contributed by atoms with Crippen LogP contribution in [0.15, 0.2) is 18.2 Å². The standard InChI is InChI=1S/C12H9F5N2/c1-2-18-9-5-11(12(15,16)17)19-10-4-8(14)7(13)3-6(9)10/h3-5H,2H2,1H3,(H,18,19). The van der Waals surface area contributed by atoms with Crippen molar-refractivity contribution in [3.8, 4) is 0 Å². The molecular weight excluding hydrogens is 267 g/mol. The first-order valence-corrected chi connectivity index (χ1v) is 5.43. The molecule has 2 rings (SSSR count). The zero-order valence-electron chi connectivity index (χ0n) is 9.78. The summed E-state index contributed by atoms with van der Waals surface area (Å²) < 4.78 is 64.2. The number of rotatable bonds is 2. The molecule has 0 atom stereocenters. The Kier molecular flexibility index (Phi) is 3.30. The molecule has 1 aromatic carbocycles. The minimum atomic E-state index is -4.65. The number of nitrogens with one attached hydrogen (secondary N) is 1. The van der Waals surface area contributed by atoms with Gasteiger partial charge in [-0.15, -0.1) is 0 Å². The number of hydrogen-bond donors (Lipinski definition) is 1. The summed E-state index contributed by atoms with van der Waals surface area (Å²) in [4.78, 5) is 3.32. The van der Waals surface area contributed by atoms with Crippen LogP contribution in [0.2, 0.25) is 0 Å². The Morgan fingerprint density at radius 3 is 2.32 bits per heavy atom. The lowest BCUT2D eigenvalue weighted by Crippen LogP contribution is -2.10. The molecule has 0 bridgehead atoms. The number of fused-ring (bicyclic) bond motifs is 1. The summed E-state index contributed by atoms with van der Waals surface area (Å²) in [5, 5.41) is 2.79. The van der Waals surface area contributed by atoms with Crippen molar-refractivity contribution >= 4 is 16.6 Å². The van der Waals surface area contributed by atoms with E-state index in [1.165, 1.54) is 0 Å². The minimum absolute atomic E-state index is 0.0683. The third kappa shape index (κ3) is 2.59. The molecule has 0 saturated carbocycles. The molecule has 0 aliphatic heterocycles. The Balaban J connectivity index is 2.75. The van der Waals surface area contributed by atoms with Crippen LogP contribution in [0, 0.1) is 11.6 Å². The molecule has 19 heavy (non-hydrogen) atoms. The van der Waals surface area contributed by atoms with Crippen molar-refractivity contribution in [2.75, 3.05) is 11.9 Å². The molecule has 2 nitrogen and oxygen atoms in total. The van der Waals surface area contributed by atoms with Crippen LogP contribution in [0.25, 0.3) is 10.9 Å². The van der Waals surface area contributed by atoms with E-state index in [9.17, 15) is 22.0 Å². The number of pyridine rings is 1. The summed E-state index contributed by atoms with van der Waals surface area (Å²) in [7, 11) is 0. The van der Waals surface area contributed by atoms with Gasteiger partial charge in [0.1, 0.15) is 5.69 Å². The second-order valence-corrected chi connectivity index (χ2v) is 3.87. The highest BCUT2D eigenvalue weighted by atomic mass is 19.4. The fraction of sp³-hybridized carbons (Fsp3) is 0.250. The Labute approximate surface area is 105 Å². The van der Waals surface area contributed by atoms with Gasteiger partial charge in [0.05, 0.1) is 5.52 Å². The van der Waals surface area contributed by atoms with Crippen LogP contribution in [0.3, 0.4) is 0 Å². The highest BCUT2D eigenvalue weighted by Gasteiger charge is 2.33. The quantitative estimate of drug-likeness (QED) is 0.840. The van der Waals surface area contributed by atoms with Crippen molar-refractivity contribution in [2.45, 2.75) is 13.1 Å². The van der Waals surface area contributed by atoms with Gasteiger partial charge in [0.25, 0.3) is 0 Å². The molecule has 1 N–H and O–H groups in total. The molecule has 0 amide bonds. The van der Waals surface area contributed by atoms with Gasteiger partial charge in [0.15, 0.2) is 11.6 Å². The van der Waals surface area contributed by atoms with Gasteiger partial charge in [-0.25, -0.2) is 13.8 Å². The first kappa shape index (κ1) is 13.5. The fourth-order valence-electron chi connectivity index (χ4n) is 1.70. The number of anilines is 1. The Morgan fingerprint density at radius 1 is 1.11 bits per heavy atom. The molecule has 0 unspecified atom stereocenters. The molecule has 0 aliphatic rings. The summed E-state index contributed by atoms with van der Waals surface area (Å²) >= 11 is 0. The van der Waals surface area contributed by atoms with E-state index < -0.39 is 23.5 Å². The number of benzene rings is 1. The normalized spacial score (nSPS) is 11.9. The number of nitrogens with zero attached hydrogens (tertiary/aromatic N) is 1. The van der Waals surface area contributed by atoms with Crippen molar-refractivity contribution in [3.05, 3.63) is 35.5 Å². The monoisotopic (exact) mass is 276 g/mol. The maximum atomic E-state index is 13.2. The van der Waals surface area contributed by atoms with Crippen LogP contribution in [0.1, 0.15) is 12.6 Å². The fourth-order valence-corrected chi connectivity index (χ4v) is 1.70. The van der Waals surface area contributed by atoms with Crippen molar-refractivity contribution in [3.63, 3.8) is 0 Å². The van der Waals surface area contributed by atoms with E-state index in [0.717, 1.165) is 12.1 Å². The number of aromatic nitrogens is 1. The highest BCUT2D eigenvalue weighted by Crippen LogP contribution is 2.33. The molecule has 102 valence electrons. The van der Waals surface area contributed by atoms with Crippen molar-refractivity contribution in [2.24, 2.45) is 0 Å².